The van der Waals surface area contributed by atoms with Crippen molar-refractivity contribution in [2.45, 2.75) is 6.42 Å². The van der Waals surface area contributed by atoms with Crippen molar-refractivity contribution in [2.24, 2.45) is 5.73 Å². The Hall–Kier alpha value is -1.55. The van der Waals surface area contributed by atoms with Crippen molar-refractivity contribution >= 4 is 17.3 Å². The maximum Gasteiger partial charge on any atom is 0.238 e. The molecule has 0 fully saturated rings. The summed E-state index contributed by atoms with van der Waals surface area (Å²) in [5.41, 5.74) is 8.44. The maximum absolute atomic E-state index is 11.0. The van der Waals surface area contributed by atoms with Crippen molar-refractivity contribution < 1.29 is 4.79 Å². The molecule has 0 unspecified atom stereocenters. The molecule has 1 aliphatic rings. The molecular formula is C10H13N3O. The second-order valence-corrected chi connectivity index (χ2v) is 3.30. The van der Waals surface area contributed by atoms with E-state index < -0.39 is 0 Å². The molecule has 0 spiro atoms. The number of nitrogens with one attached hydrogen (secondary N) is 2. The van der Waals surface area contributed by atoms with Gasteiger partial charge in [0.15, 0.2) is 0 Å². The van der Waals surface area contributed by atoms with E-state index in [1.54, 1.807) is 0 Å². The molecule has 0 aliphatic carbocycles. The number of anilines is 2. The van der Waals surface area contributed by atoms with Gasteiger partial charge in [-0.15, -0.1) is 0 Å². The summed E-state index contributed by atoms with van der Waals surface area (Å²) in [6.07, 6.45) is 1.02. The van der Waals surface area contributed by atoms with E-state index in [0.29, 0.717) is 0 Å². The first-order valence-electron chi connectivity index (χ1n) is 4.66. The van der Waals surface area contributed by atoms with Crippen molar-refractivity contribution in [2.75, 3.05) is 23.7 Å². The van der Waals surface area contributed by atoms with Crippen molar-refractivity contribution in [1.82, 2.24) is 0 Å². The van der Waals surface area contributed by atoms with Crippen molar-refractivity contribution in [3.05, 3.63) is 23.8 Å². The number of rotatable bonds is 2. The highest BCUT2D eigenvalue weighted by molar-refractivity contribution is 5.92. The molecule has 0 aromatic heterocycles. The molecule has 0 radical (unpaired) electrons. The lowest BCUT2D eigenvalue weighted by atomic mass is 10.1. The number of amides is 1. The molecule has 0 saturated heterocycles. The second kappa shape index (κ2) is 3.67. The van der Waals surface area contributed by atoms with Crippen LogP contribution < -0.4 is 16.4 Å². The lowest BCUT2D eigenvalue weighted by molar-refractivity contribution is -0.114. The van der Waals surface area contributed by atoms with Gasteiger partial charge in [-0.25, -0.2) is 0 Å². The molecule has 0 saturated carbocycles. The van der Waals surface area contributed by atoms with E-state index >= 15 is 0 Å². The number of fused-ring (bicyclic) bond motifs is 1. The highest BCUT2D eigenvalue weighted by Crippen LogP contribution is 2.24. The van der Waals surface area contributed by atoms with Crippen LogP contribution in [0.2, 0.25) is 0 Å². The second-order valence-electron chi connectivity index (χ2n) is 3.30. The first kappa shape index (κ1) is 9.02. The van der Waals surface area contributed by atoms with E-state index in [9.17, 15) is 4.79 Å². The van der Waals surface area contributed by atoms with Gasteiger partial charge in [-0.1, -0.05) is 0 Å². The fraction of sp³-hybridized carbons (Fsp3) is 0.300. The van der Waals surface area contributed by atoms with Crippen LogP contribution in [0.4, 0.5) is 11.4 Å². The third-order valence-electron chi connectivity index (χ3n) is 2.28. The van der Waals surface area contributed by atoms with Crippen LogP contribution >= 0.6 is 0 Å². The Labute approximate surface area is 82.5 Å². The van der Waals surface area contributed by atoms with Crippen LogP contribution in [0.3, 0.4) is 0 Å². The summed E-state index contributed by atoms with van der Waals surface area (Å²) in [5, 5.41) is 5.99. The molecule has 4 N–H and O–H groups in total. The molecule has 1 aromatic rings. The van der Waals surface area contributed by atoms with Gasteiger partial charge in [0, 0.05) is 17.9 Å². The molecule has 2 rings (SSSR count). The van der Waals surface area contributed by atoms with Gasteiger partial charge in [0.05, 0.1) is 6.54 Å². The van der Waals surface area contributed by atoms with Crippen LogP contribution in [-0.2, 0) is 11.2 Å². The van der Waals surface area contributed by atoms with Gasteiger partial charge >= 0.3 is 0 Å². The Balaban J connectivity index is 2.16. The van der Waals surface area contributed by atoms with Gasteiger partial charge in [-0.2, -0.15) is 0 Å². The van der Waals surface area contributed by atoms with Crippen LogP contribution in [0.5, 0.6) is 0 Å². The molecule has 0 atom stereocenters. The normalized spacial score (nSPS) is 13.2. The smallest absolute Gasteiger partial charge is 0.238 e. The number of carbonyl (C=O) groups is 1. The van der Waals surface area contributed by atoms with Crippen LogP contribution in [0.1, 0.15) is 5.56 Å². The highest BCUT2D eigenvalue weighted by Gasteiger charge is 2.10. The fourth-order valence-corrected chi connectivity index (χ4v) is 1.59. The number of carbonyl (C=O) groups excluding carboxylic acids is 1. The third-order valence-corrected chi connectivity index (χ3v) is 2.28. The number of hydrogen-bond acceptors (Lipinski definition) is 3. The zero-order valence-electron chi connectivity index (χ0n) is 7.84. The number of nitrogens with two attached hydrogens (primary N) is 1. The molecule has 74 valence electrons. The minimum absolute atomic E-state index is 0.0231. The van der Waals surface area contributed by atoms with E-state index in [0.717, 1.165) is 24.3 Å². The van der Waals surface area contributed by atoms with Crippen LogP contribution in [-0.4, -0.2) is 19.0 Å². The summed E-state index contributed by atoms with van der Waals surface area (Å²) in [4.78, 5) is 11.0. The third kappa shape index (κ3) is 1.70. The number of hydrogen-bond donors (Lipinski definition) is 3. The van der Waals surface area contributed by atoms with Crippen molar-refractivity contribution in [3.8, 4) is 0 Å². The molecular weight excluding hydrogens is 178 g/mol. The van der Waals surface area contributed by atoms with Gasteiger partial charge in [0.1, 0.15) is 0 Å². The zero-order valence-corrected chi connectivity index (χ0v) is 7.84. The van der Waals surface area contributed by atoms with E-state index in [1.807, 2.05) is 18.2 Å². The average Bonchev–Trinajstić information content (AvgIpc) is 2.64. The summed E-state index contributed by atoms with van der Waals surface area (Å²) in [5.74, 6) is -0.157. The molecule has 1 heterocycles. The topological polar surface area (TPSA) is 67.2 Å². The quantitative estimate of drug-likeness (QED) is 0.639. The molecule has 4 heteroatoms. The van der Waals surface area contributed by atoms with Crippen molar-refractivity contribution in [3.63, 3.8) is 0 Å². The predicted molar refractivity (Wildman–Crippen MR) is 56.3 cm³/mol. The van der Waals surface area contributed by atoms with E-state index in [2.05, 4.69) is 10.6 Å². The Bertz CT molecular complexity index is 362. The van der Waals surface area contributed by atoms with Gasteiger partial charge < -0.3 is 16.4 Å². The van der Waals surface area contributed by atoms with Crippen LogP contribution in [0.25, 0.3) is 0 Å². The summed E-state index contributed by atoms with van der Waals surface area (Å²) in [6, 6.07) is 5.85. The first-order chi connectivity index (χ1) is 6.79. The number of benzene rings is 1. The standard InChI is InChI=1S/C10H13N3O/c11-6-10(14)13-8-1-2-9-7(5-8)3-4-12-9/h1-2,5,12H,3-4,6,11H2,(H,13,14). The maximum atomic E-state index is 11.0. The lowest BCUT2D eigenvalue weighted by Gasteiger charge is -2.05. The molecule has 1 aromatic carbocycles. The Morgan fingerprint density at radius 2 is 2.43 bits per heavy atom. The fourth-order valence-electron chi connectivity index (χ4n) is 1.59. The minimum atomic E-state index is -0.157. The van der Waals surface area contributed by atoms with Crippen molar-refractivity contribution in [1.29, 1.82) is 0 Å². The summed E-state index contributed by atoms with van der Waals surface area (Å²) in [6.45, 7) is 0.999. The molecule has 0 bridgehead atoms. The Morgan fingerprint density at radius 1 is 1.57 bits per heavy atom. The zero-order chi connectivity index (χ0) is 9.97. The van der Waals surface area contributed by atoms with Crippen LogP contribution in [0, 0.1) is 0 Å². The summed E-state index contributed by atoms with van der Waals surface area (Å²) < 4.78 is 0. The Morgan fingerprint density at radius 3 is 3.21 bits per heavy atom. The summed E-state index contributed by atoms with van der Waals surface area (Å²) in [7, 11) is 0. The molecule has 1 aliphatic heterocycles. The SMILES string of the molecule is NCC(=O)Nc1ccc2c(c1)CCN2. The molecule has 4 nitrogen and oxygen atoms in total. The van der Waals surface area contributed by atoms with Crippen LogP contribution in [0.15, 0.2) is 18.2 Å². The average molecular weight is 191 g/mol. The predicted octanol–water partition coefficient (Wildman–Crippen LogP) is 0.552. The molecule has 14 heavy (non-hydrogen) atoms. The van der Waals surface area contributed by atoms with Gasteiger partial charge in [0.2, 0.25) is 5.91 Å². The molecule has 1 amide bonds. The monoisotopic (exact) mass is 191 g/mol. The first-order valence-corrected chi connectivity index (χ1v) is 4.66. The van der Waals surface area contributed by atoms with E-state index in [-0.39, 0.29) is 12.5 Å². The Kier molecular flexibility index (Phi) is 2.37. The van der Waals surface area contributed by atoms with E-state index in [1.165, 1.54) is 5.56 Å². The van der Waals surface area contributed by atoms with Gasteiger partial charge in [0.25, 0.3) is 0 Å². The largest absolute Gasteiger partial charge is 0.384 e. The minimum Gasteiger partial charge on any atom is -0.384 e. The lowest BCUT2D eigenvalue weighted by Crippen LogP contribution is -2.21. The summed E-state index contributed by atoms with van der Waals surface area (Å²) >= 11 is 0. The van der Waals surface area contributed by atoms with Gasteiger partial charge in [-0.05, 0) is 30.2 Å². The van der Waals surface area contributed by atoms with E-state index in [4.69, 9.17) is 5.73 Å². The van der Waals surface area contributed by atoms with Gasteiger partial charge in [-0.3, -0.25) is 4.79 Å². The highest BCUT2D eigenvalue weighted by atomic mass is 16.1.